The number of carbonyl (C=O) groups is 1. The molecule has 18 heavy (non-hydrogen) atoms. The Morgan fingerprint density at radius 3 is 2.67 bits per heavy atom. The van der Waals surface area contributed by atoms with Gasteiger partial charge in [0.05, 0.1) is 19.8 Å². The van der Waals surface area contributed by atoms with E-state index in [1.165, 1.54) is 6.07 Å². The molecule has 0 amide bonds. The molecular formula is C14H17FO3. The molecule has 0 spiro atoms. The minimum absolute atomic E-state index is 0.0904. The minimum Gasteiger partial charge on any atom is -0.491 e. The van der Waals surface area contributed by atoms with Gasteiger partial charge in [0.2, 0.25) is 0 Å². The number of ether oxygens (including phenoxy) is 2. The second kappa shape index (κ2) is 5.06. The molecule has 0 N–H and O–H groups in total. The van der Waals surface area contributed by atoms with Crippen LogP contribution in [0.2, 0.25) is 0 Å². The van der Waals surface area contributed by atoms with Crippen LogP contribution in [0, 0.1) is 5.82 Å². The van der Waals surface area contributed by atoms with Crippen LogP contribution in [0.5, 0.6) is 5.75 Å². The summed E-state index contributed by atoms with van der Waals surface area (Å²) in [5.41, 5.74) is 0.460. The summed E-state index contributed by atoms with van der Waals surface area (Å²) < 4.78 is 24.2. The molecule has 0 bridgehead atoms. The van der Waals surface area contributed by atoms with Crippen LogP contribution in [0.15, 0.2) is 18.2 Å². The summed E-state index contributed by atoms with van der Waals surface area (Å²) in [4.78, 5) is 11.3. The van der Waals surface area contributed by atoms with Gasteiger partial charge in [0.25, 0.3) is 0 Å². The van der Waals surface area contributed by atoms with Crippen LogP contribution >= 0.6 is 0 Å². The lowest BCUT2D eigenvalue weighted by Gasteiger charge is -2.41. The van der Waals surface area contributed by atoms with Gasteiger partial charge in [-0.3, -0.25) is 4.79 Å². The molecule has 98 valence electrons. The van der Waals surface area contributed by atoms with Crippen molar-refractivity contribution in [3.63, 3.8) is 0 Å². The third-order valence-corrected chi connectivity index (χ3v) is 3.19. The molecule has 0 aromatic heterocycles. The molecule has 2 rings (SSSR count). The number of halogens is 1. The minimum atomic E-state index is -0.385. The lowest BCUT2D eigenvalue weighted by Crippen LogP contribution is -2.48. The average Bonchev–Trinajstić information content (AvgIpc) is 2.26. The fourth-order valence-electron chi connectivity index (χ4n) is 2.30. The van der Waals surface area contributed by atoms with Crippen molar-refractivity contribution < 1.29 is 18.7 Å². The molecule has 1 heterocycles. The molecule has 1 aliphatic heterocycles. The van der Waals surface area contributed by atoms with Gasteiger partial charge >= 0.3 is 0 Å². The zero-order chi connectivity index (χ0) is 13.2. The maximum absolute atomic E-state index is 13.8. The van der Waals surface area contributed by atoms with E-state index in [1.807, 2.05) is 13.0 Å². The van der Waals surface area contributed by atoms with E-state index in [9.17, 15) is 9.18 Å². The SMILES string of the molecule is CCOc1ccc(C2(CC(C)=O)COC2)cc1F. The van der Waals surface area contributed by atoms with Crippen molar-refractivity contribution >= 4 is 5.78 Å². The summed E-state index contributed by atoms with van der Waals surface area (Å²) >= 11 is 0. The van der Waals surface area contributed by atoms with Crippen LogP contribution in [0.1, 0.15) is 25.8 Å². The number of hydrogen-bond donors (Lipinski definition) is 0. The second-order valence-electron chi connectivity index (χ2n) is 4.73. The Hall–Kier alpha value is -1.42. The molecule has 0 unspecified atom stereocenters. The van der Waals surface area contributed by atoms with Gasteiger partial charge in [-0.1, -0.05) is 6.07 Å². The standard InChI is InChI=1S/C14H17FO3/c1-3-18-13-5-4-11(6-12(13)15)14(7-10(2)16)8-17-9-14/h4-6H,3,7-9H2,1-2H3. The number of ketones is 1. The van der Waals surface area contributed by atoms with Gasteiger partial charge in [0, 0.05) is 11.8 Å². The van der Waals surface area contributed by atoms with E-state index in [0.717, 1.165) is 5.56 Å². The average molecular weight is 252 g/mol. The maximum atomic E-state index is 13.8. The first-order chi connectivity index (χ1) is 8.57. The highest BCUT2D eigenvalue weighted by Gasteiger charge is 2.41. The van der Waals surface area contributed by atoms with Crippen LogP contribution in [-0.2, 0) is 14.9 Å². The summed E-state index contributed by atoms with van der Waals surface area (Å²) in [6, 6.07) is 4.89. The molecule has 4 heteroatoms. The number of hydrogen-bond acceptors (Lipinski definition) is 3. The molecule has 0 radical (unpaired) electrons. The largest absolute Gasteiger partial charge is 0.491 e. The number of carbonyl (C=O) groups excluding carboxylic acids is 1. The van der Waals surface area contributed by atoms with Gasteiger partial charge in [-0.2, -0.15) is 0 Å². The van der Waals surface area contributed by atoms with E-state index in [4.69, 9.17) is 9.47 Å². The van der Waals surface area contributed by atoms with E-state index in [-0.39, 0.29) is 22.8 Å². The molecular weight excluding hydrogens is 235 g/mol. The third kappa shape index (κ3) is 2.38. The van der Waals surface area contributed by atoms with Crippen molar-refractivity contribution in [1.29, 1.82) is 0 Å². The summed E-state index contributed by atoms with van der Waals surface area (Å²) in [5.74, 6) is -0.0452. The predicted molar refractivity (Wildman–Crippen MR) is 65.4 cm³/mol. The Morgan fingerprint density at radius 1 is 1.50 bits per heavy atom. The van der Waals surface area contributed by atoms with E-state index in [1.54, 1.807) is 13.0 Å². The van der Waals surface area contributed by atoms with Crippen LogP contribution in [0.25, 0.3) is 0 Å². The highest BCUT2D eigenvalue weighted by Crippen LogP contribution is 2.37. The van der Waals surface area contributed by atoms with E-state index in [2.05, 4.69) is 0 Å². The molecule has 1 aromatic carbocycles. The Bertz CT molecular complexity index is 452. The molecule has 3 nitrogen and oxygen atoms in total. The molecule has 0 aliphatic carbocycles. The number of rotatable bonds is 5. The monoisotopic (exact) mass is 252 g/mol. The normalized spacial score (nSPS) is 17.1. The Balaban J connectivity index is 2.27. The number of benzene rings is 1. The van der Waals surface area contributed by atoms with Gasteiger partial charge in [-0.05, 0) is 31.5 Å². The molecule has 1 aromatic rings. The lowest BCUT2D eigenvalue weighted by molar-refractivity contribution is -0.125. The number of Topliss-reactive ketones (excluding diaryl/α,β-unsaturated/α-hetero) is 1. The Morgan fingerprint density at radius 2 is 2.22 bits per heavy atom. The highest BCUT2D eigenvalue weighted by molar-refractivity contribution is 5.77. The molecule has 0 saturated carbocycles. The van der Waals surface area contributed by atoms with Crippen LogP contribution < -0.4 is 4.74 Å². The fourth-order valence-corrected chi connectivity index (χ4v) is 2.30. The molecule has 0 atom stereocenters. The Kier molecular flexibility index (Phi) is 3.66. The summed E-state index contributed by atoms with van der Waals surface area (Å²) in [7, 11) is 0. The van der Waals surface area contributed by atoms with Crippen LogP contribution in [0.3, 0.4) is 0 Å². The van der Waals surface area contributed by atoms with Gasteiger partial charge in [-0.25, -0.2) is 4.39 Å². The van der Waals surface area contributed by atoms with Gasteiger partial charge in [0.15, 0.2) is 11.6 Å². The third-order valence-electron chi connectivity index (χ3n) is 3.19. The predicted octanol–water partition coefficient (Wildman–Crippen LogP) is 2.47. The van der Waals surface area contributed by atoms with Crippen molar-refractivity contribution in [3.8, 4) is 5.75 Å². The molecule has 1 aliphatic rings. The van der Waals surface area contributed by atoms with Crippen molar-refractivity contribution in [3.05, 3.63) is 29.6 Å². The van der Waals surface area contributed by atoms with Gasteiger partial charge in [-0.15, -0.1) is 0 Å². The topological polar surface area (TPSA) is 35.5 Å². The first kappa shape index (κ1) is 13.0. The van der Waals surface area contributed by atoms with Crippen LogP contribution in [0.4, 0.5) is 4.39 Å². The summed E-state index contributed by atoms with van der Waals surface area (Å²) in [6.45, 7) is 4.73. The first-order valence-corrected chi connectivity index (χ1v) is 6.07. The van der Waals surface area contributed by atoms with Crippen molar-refractivity contribution in [1.82, 2.24) is 0 Å². The Labute approximate surface area is 106 Å². The fraction of sp³-hybridized carbons (Fsp3) is 0.500. The quantitative estimate of drug-likeness (QED) is 0.807. The van der Waals surface area contributed by atoms with Crippen molar-refractivity contribution in [2.24, 2.45) is 0 Å². The zero-order valence-corrected chi connectivity index (χ0v) is 10.7. The maximum Gasteiger partial charge on any atom is 0.165 e. The lowest BCUT2D eigenvalue weighted by atomic mass is 9.75. The van der Waals surface area contributed by atoms with E-state index < -0.39 is 0 Å². The zero-order valence-electron chi connectivity index (χ0n) is 10.7. The summed E-state index contributed by atoms with van der Waals surface area (Å²) in [5, 5.41) is 0. The van der Waals surface area contributed by atoms with E-state index in [0.29, 0.717) is 26.2 Å². The highest BCUT2D eigenvalue weighted by atomic mass is 19.1. The van der Waals surface area contributed by atoms with Crippen molar-refractivity contribution in [2.75, 3.05) is 19.8 Å². The first-order valence-electron chi connectivity index (χ1n) is 6.07. The van der Waals surface area contributed by atoms with Gasteiger partial charge < -0.3 is 9.47 Å². The van der Waals surface area contributed by atoms with Crippen LogP contribution in [-0.4, -0.2) is 25.6 Å². The van der Waals surface area contributed by atoms with Crippen molar-refractivity contribution in [2.45, 2.75) is 25.7 Å². The smallest absolute Gasteiger partial charge is 0.165 e. The van der Waals surface area contributed by atoms with Gasteiger partial charge in [0.1, 0.15) is 5.78 Å². The van der Waals surface area contributed by atoms with E-state index >= 15 is 0 Å². The molecule has 1 saturated heterocycles. The summed E-state index contributed by atoms with van der Waals surface area (Å²) in [6.07, 6.45) is 0.389. The second-order valence-corrected chi connectivity index (χ2v) is 4.73. The molecule has 1 fully saturated rings.